The second-order valence-corrected chi connectivity index (χ2v) is 7.86. The molecule has 0 fully saturated rings. The molecule has 1 aromatic heterocycles. The van der Waals surface area contributed by atoms with Crippen molar-refractivity contribution in [3.8, 4) is 0 Å². The molecule has 134 valence electrons. The van der Waals surface area contributed by atoms with Crippen molar-refractivity contribution in [2.75, 3.05) is 25.2 Å². The highest BCUT2D eigenvalue weighted by Gasteiger charge is 2.20. The van der Waals surface area contributed by atoms with Gasteiger partial charge in [0.1, 0.15) is 0 Å². The van der Waals surface area contributed by atoms with Crippen LogP contribution in [0.1, 0.15) is 15.2 Å². The number of aryl methyl sites for hydroxylation is 1. The van der Waals surface area contributed by atoms with Crippen LogP contribution in [0.2, 0.25) is 0 Å². The van der Waals surface area contributed by atoms with E-state index in [0.717, 1.165) is 26.2 Å². The first-order chi connectivity index (χ1) is 12.5. The van der Waals surface area contributed by atoms with E-state index in [1.165, 1.54) is 16.2 Å². The largest absolute Gasteiger partial charge is 0.332 e. The van der Waals surface area contributed by atoms with Crippen molar-refractivity contribution in [3.05, 3.63) is 59.0 Å². The highest BCUT2D eigenvalue weighted by Crippen LogP contribution is 2.31. The minimum atomic E-state index is -0.207. The first kappa shape index (κ1) is 18.5. The summed E-state index contributed by atoms with van der Waals surface area (Å²) in [5.74, 6) is -0.335. The fourth-order valence-corrected chi connectivity index (χ4v) is 4.53. The first-order valence-corrected chi connectivity index (χ1v) is 10.2. The van der Waals surface area contributed by atoms with Crippen LogP contribution in [0, 0.1) is 6.92 Å². The van der Waals surface area contributed by atoms with Crippen LogP contribution in [0.5, 0.6) is 0 Å². The fraction of sp³-hybridized carbons (Fsp3) is 0.200. The van der Waals surface area contributed by atoms with Gasteiger partial charge in [-0.05, 0) is 42.3 Å². The molecule has 2 aromatic carbocycles. The number of thioether (sulfide) groups is 1. The number of nitrogens with one attached hydrogen (secondary N) is 1. The molecule has 1 heterocycles. The molecule has 0 aliphatic heterocycles. The van der Waals surface area contributed by atoms with Gasteiger partial charge < -0.3 is 10.2 Å². The van der Waals surface area contributed by atoms with Crippen molar-refractivity contribution in [2.24, 2.45) is 0 Å². The maximum Gasteiger partial charge on any atom is 0.264 e. The van der Waals surface area contributed by atoms with Crippen molar-refractivity contribution in [2.45, 2.75) is 11.8 Å². The Morgan fingerprint density at radius 3 is 2.54 bits per heavy atom. The summed E-state index contributed by atoms with van der Waals surface area (Å²) < 4.78 is 1.08. The van der Waals surface area contributed by atoms with Crippen molar-refractivity contribution in [3.63, 3.8) is 0 Å². The molecule has 0 aliphatic carbocycles. The predicted octanol–water partition coefficient (Wildman–Crippen LogP) is 4.64. The summed E-state index contributed by atoms with van der Waals surface area (Å²) in [7, 11) is 1.66. The van der Waals surface area contributed by atoms with Crippen LogP contribution < -0.4 is 5.32 Å². The van der Waals surface area contributed by atoms with E-state index in [4.69, 9.17) is 0 Å². The third kappa shape index (κ3) is 3.76. The van der Waals surface area contributed by atoms with Crippen molar-refractivity contribution in [1.29, 1.82) is 0 Å². The lowest BCUT2D eigenvalue weighted by Crippen LogP contribution is -2.34. The number of anilines is 1. The van der Waals surface area contributed by atoms with Gasteiger partial charge in [0.2, 0.25) is 5.91 Å². The molecule has 0 bridgehead atoms. The monoisotopic (exact) mass is 384 g/mol. The van der Waals surface area contributed by atoms with E-state index in [9.17, 15) is 9.59 Å². The van der Waals surface area contributed by atoms with Gasteiger partial charge in [-0.15, -0.1) is 23.1 Å². The Morgan fingerprint density at radius 2 is 1.81 bits per heavy atom. The minimum Gasteiger partial charge on any atom is -0.332 e. The third-order valence-electron chi connectivity index (χ3n) is 4.15. The molecule has 2 amide bonds. The third-order valence-corrected chi connectivity index (χ3v) is 6.20. The number of hydrogen-bond donors (Lipinski definition) is 1. The smallest absolute Gasteiger partial charge is 0.264 e. The normalized spacial score (nSPS) is 10.7. The van der Waals surface area contributed by atoms with E-state index in [2.05, 4.69) is 5.32 Å². The molecule has 3 rings (SSSR count). The molecule has 0 atom stereocenters. The van der Waals surface area contributed by atoms with Crippen LogP contribution in [0.3, 0.4) is 0 Å². The topological polar surface area (TPSA) is 49.4 Å². The zero-order valence-corrected chi connectivity index (χ0v) is 16.5. The van der Waals surface area contributed by atoms with Crippen molar-refractivity contribution >= 4 is 50.7 Å². The highest BCUT2D eigenvalue weighted by atomic mass is 32.2. The quantitative estimate of drug-likeness (QED) is 0.652. The van der Waals surface area contributed by atoms with Crippen LogP contribution in [-0.4, -0.2) is 36.6 Å². The molecule has 0 aliphatic rings. The summed E-state index contributed by atoms with van der Waals surface area (Å²) in [6.07, 6.45) is 1.96. The second kappa shape index (κ2) is 7.93. The maximum atomic E-state index is 12.8. The first-order valence-electron chi connectivity index (χ1n) is 8.17. The molecule has 0 unspecified atom stereocenters. The Hall–Kier alpha value is -2.31. The number of para-hydroxylation sites is 1. The van der Waals surface area contributed by atoms with Crippen LogP contribution in [0.15, 0.2) is 53.4 Å². The lowest BCUT2D eigenvalue weighted by Gasteiger charge is -2.17. The average molecular weight is 385 g/mol. The molecule has 4 nitrogen and oxygen atoms in total. The minimum absolute atomic E-state index is 0.00916. The number of fused-ring (bicyclic) bond motifs is 1. The van der Waals surface area contributed by atoms with E-state index in [1.807, 2.05) is 61.7 Å². The Kier molecular flexibility index (Phi) is 5.64. The predicted molar refractivity (Wildman–Crippen MR) is 110 cm³/mol. The molecule has 0 spiro atoms. The van der Waals surface area contributed by atoms with Crippen LogP contribution in [0.4, 0.5) is 5.69 Å². The summed E-state index contributed by atoms with van der Waals surface area (Å²) >= 11 is 3.04. The average Bonchev–Trinajstić information content (AvgIpc) is 2.98. The van der Waals surface area contributed by atoms with Gasteiger partial charge in [0.05, 0.1) is 17.1 Å². The van der Waals surface area contributed by atoms with E-state index < -0.39 is 0 Å². The standard InChI is InChI=1S/C20H20N2O2S2/c1-13-14-8-4-6-10-16(14)26-19(13)20(24)22(2)12-18(23)21-15-9-5-7-11-17(15)25-3/h4-11H,12H2,1-3H3,(H,21,23). The highest BCUT2D eigenvalue weighted by molar-refractivity contribution is 7.98. The zero-order chi connectivity index (χ0) is 18.7. The van der Waals surface area contributed by atoms with Crippen molar-refractivity contribution in [1.82, 2.24) is 4.90 Å². The maximum absolute atomic E-state index is 12.8. The summed E-state index contributed by atoms with van der Waals surface area (Å²) in [5, 5.41) is 3.98. The van der Waals surface area contributed by atoms with Gasteiger partial charge in [0.25, 0.3) is 5.91 Å². The van der Waals surface area contributed by atoms with Gasteiger partial charge in [-0.1, -0.05) is 30.3 Å². The van der Waals surface area contributed by atoms with Gasteiger partial charge >= 0.3 is 0 Å². The molecular formula is C20H20N2O2S2. The number of hydrogen-bond acceptors (Lipinski definition) is 4. The van der Waals surface area contributed by atoms with Crippen LogP contribution in [-0.2, 0) is 4.79 Å². The summed E-state index contributed by atoms with van der Waals surface area (Å²) in [6.45, 7) is 1.96. The van der Waals surface area contributed by atoms with Crippen molar-refractivity contribution < 1.29 is 9.59 Å². The molecule has 0 saturated carbocycles. The number of nitrogens with zero attached hydrogens (tertiary/aromatic N) is 1. The number of likely N-dealkylation sites (N-methyl/N-ethyl adjacent to an activating group) is 1. The fourth-order valence-electron chi connectivity index (χ4n) is 2.78. The Labute approximate surface area is 161 Å². The van der Waals surface area contributed by atoms with Crippen LogP contribution in [0.25, 0.3) is 10.1 Å². The molecule has 26 heavy (non-hydrogen) atoms. The molecule has 0 radical (unpaired) electrons. The number of carbonyl (C=O) groups excluding carboxylic acids is 2. The van der Waals surface area contributed by atoms with Gasteiger partial charge in [-0.3, -0.25) is 9.59 Å². The summed E-state index contributed by atoms with van der Waals surface area (Å²) in [5.41, 5.74) is 1.74. The molecule has 0 saturated heterocycles. The Balaban J connectivity index is 1.72. The van der Waals surface area contributed by atoms with Gasteiger partial charge in [-0.25, -0.2) is 0 Å². The van der Waals surface area contributed by atoms with Gasteiger partial charge in [0.15, 0.2) is 0 Å². The summed E-state index contributed by atoms with van der Waals surface area (Å²) in [6, 6.07) is 15.6. The van der Waals surface area contributed by atoms with E-state index in [0.29, 0.717) is 4.88 Å². The van der Waals surface area contributed by atoms with E-state index >= 15 is 0 Å². The number of carbonyl (C=O) groups is 2. The van der Waals surface area contributed by atoms with E-state index in [1.54, 1.807) is 18.8 Å². The SMILES string of the molecule is CSc1ccccc1NC(=O)CN(C)C(=O)c1sc2ccccc2c1C. The molecule has 1 N–H and O–H groups in total. The Morgan fingerprint density at radius 1 is 1.12 bits per heavy atom. The van der Waals surface area contributed by atoms with Gasteiger partial charge in [0, 0.05) is 16.6 Å². The number of rotatable bonds is 5. The number of benzene rings is 2. The van der Waals surface area contributed by atoms with E-state index in [-0.39, 0.29) is 18.4 Å². The lowest BCUT2D eigenvalue weighted by molar-refractivity contribution is -0.116. The molecule has 6 heteroatoms. The number of amides is 2. The summed E-state index contributed by atoms with van der Waals surface area (Å²) in [4.78, 5) is 28.3. The molecular weight excluding hydrogens is 364 g/mol. The lowest BCUT2D eigenvalue weighted by atomic mass is 10.1. The van der Waals surface area contributed by atoms with Crippen LogP contribution >= 0.6 is 23.1 Å². The molecule has 3 aromatic rings. The van der Waals surface area contributed by atoms with Gasteiger partial charge in [-0.2, -0.15) is 0 Å². The second-order valence-electron chi connectivity index (χ2n) is 5.96. The zero-order valence-electron chi connectivity index (χ0n) is 14.9. The Bertz CT molecular complexity index is 965. The number of thiophene rings is 1.